The van der Waals surface area contributed by atoms with Gasteiger partial charge in [0.25, 0.3) is 11.4 Å². The molecule has 9 nitrogen and oxygen atoms in total. The molecule has 0 radical (unpaired) electrons. The fourth-order valence-corrected chi connectivity index (χ4v) is 3.24. The Morgan fingerprint density at radius 1 is 1.03 bits per heavy atom. The number of nitrogens with zero attached hydrogens (tertiary/aromatic N) is 4. The van der Waals surface area contributed by atoms with Crippen molar-refractivity contribution in [2.75, 3.05) is 18.0 Å². The number of nitriles is 1. The smallest absolute Gasteiger partial charge is 0.270 e. The van der Waals surface area contributed by atoms with E-state index in [0.29, 0.717) is 11.3 Å². The molecule has 2 aromatic rings. The van der Waals surface area contributed by atoms with E-state index in [9.17, 15) is 30.3 Å². The number of allylic oxidation sites excluding steroid dienone is 1. The van der Waals surface area contributed by atoms with Crippen molar-refractivity contribution in [1.82, 2.24) is 0 Å². The lowest BCUT2D eigenvalue weighted by atomic mass is 10.00. The van der Waals surface area contributed by atoms with Crippen LogP contribution in [-0.2, 0) is 0 Å². The molecule has 0 N–H and O–H groups in total. The second kappa shape index (κ2) is 8.31. The molecular formula is C20H16N4O5. The predicted molar refractivity (Wildman–Crippen MR) is 106 cm³/mol. The lowest BCUT2D eigenvalue weighted by Gasteiger charge is -2.20. The summed E-state index contributed by atoms with van der Waals surface area (Å²) >= 11 is 0. The summed E-state index contributed by atoms with van der Waals surface area (Å²) in [7, 11) is 0. The van der Waals surface area contributed by atoms with Crippen LogP contribution in [0.2, 0.25) is 0 Å². The van der Waals surface area contributed by atoms with Crippen molar-refractivity contribution in [2.24, 2.45) is 0 Å². The SMILES string of the molecule is N#C/C(=C/c1cc([N+](=O)[O-])ccc1N1CCCC1)C(=O)c1cccc([N+](=O)[O-])c1. The monoisotopic (exact) mass is 392 g/mol. The second-order valence-corrected chi connectivity index (χ2v) is 6.50. The Morgan fingerprint density at radius 2 is 1.69 bits per heavy atom. The van der Waals surface area contributed by atoms with Crippen molar-refractivity contribution < 1.29 is 14.6 Å². The highest BCUT2D eigenvalue weighted by molar-refractivity contribution is 6.14. The van der Waals surface area contributed by atoms with Crippen LogP contribution >= 0.6 is 0 Å². The maximum Gasteiger partial charge on any atom is 0.270 e. The Labute approximate surface area is 165 Å². The number of non-ortho nitro benzene ring substituents is 2. The number of benzene rings is 2. The Hall–Kier alpha value is -4.06. The van der Waals surface area contributed by atoms with Crippen molar-refractivity contribution in [2.45, 2.75) is 12.8 Å². The minimum Gasteiger partial charge on any atom is -0.371 e. The average molecular weight is 392 g/mol. The molecule has 0 aliphatic carbocycles. The Bertz CT molecular complexity index is 1060. The molecule has 29 heavy (non-hydrogen) atoms. The van der Waals surface area contributed by atoms with Crippen molar-refractivity contribution in [3.8, 4) is 6.07 Å². The maximum atomic E-state index is 12.7. The fraction of sp³-hybridized carbons (Fsp3) is 0.200. The van der Waals surface area contributed by atoms with Crippen LogP contribution in [0.5, 0.6) is 0 Å². The Kier molecular flexibility index (Phi) is 5.64. The largest absolute Gasteiger partial charge is 0.371 e. The maximum absolute atomic E-state index is 12.7. The number of rotatable bonds is 6. The van der Waals surface area contributed by atoms with Gasteiger partial charge >= 0.3 is 0 Å². The van der Waals surface area contributed by atoms with E-state index in [-0.39, 0.29) is 22.5 Å². The number of hydrogen-bond donors (Lipinski definition) is 0. The van der Waals surface area contributed by atoms with Gasteiger partial charge < -0.3 is 4.90 Å². The first kappa shape index (κ1) is 19.7. The molecular weight excluding hydrogens is 376 g/mol. The van der Waals surface area contributed by atoms with E-state index >= 15 is 0 Å². The Morgan fingerprint density at radius 3 is 2.31 bits per heavy atom. The number of anilines is 1. The molecule has 1 aliphatic rings. The van der Waals surface area contributed by atoms with Gasteiger partial charge in [0, 0.05) is 54.2 Å². The third-order valence-corrected chi connectivity index (χ3v) is 4.65. The summed E-state index contributed by atoms with van der Waals surface area (Å²) < 4.78 is 0. The molecule has 0 unspecified atom stereocenters. The standard InChI is InChI=1S/C20H16N4O5/c21-13-16(20(25)14-4-3-5-17(11-14)23(26)27)10-15-12-18(24(28)29)6-7-19(15)22-8-1-2-9-22/h3-7,10-12H,1-2,8-9H2/b16-10-. The van der Waals surface area contributed by atoms with E-state index < -0.39 is 15.6 Å². The van der Waals surface area contributed by atoms with Crippen LogP contribution in [0.1, 0.15) is 28.8 Å². The quantitative estimate of drug-likeness (QED) is 0.239. The fourth-order valence-electron chi connectivity index (χ4n) is 3.24. The molecule has 1 heterocycles. The van der Waals surface area contributed by atoms with E-state index in [1.807, 2.05) is 11.0 Å². The van der Waals surface area contributed by atoms with Gasteiger partial charge in [-0.25, -0.2) is 0 Å². The zero-order chi connectivity index (χ0) is 21.0. The second-order valence-electron chi connectivity index (χ2n) is 6.50. The summed E-state index contributed by atoms with van der Waals surface area (Å²) in [6.45, 7) is 1.55. The van der Waals surface area contributed by atoms with E-state index in [2.05, 4.69) is 0 Å². The molecule has 0 bridgehead atoms. The average Bonchev–Trinajstić information content (AvgIpc) is 3.26. The van der Waals surface area contributed by atoms with Gasteiger partial charge in [0.1, 0.15) is 11.6 Å². The zero-order valence-electron chi connectivity index (χ0n) is 15.3. The van der Waals surface area contributed by atoms with Gasteiger partial charge in [-0.05, 0) is 25.0 Å². The molecule has 3 rings (SSSR count). The topological polar surface area (TPSA) is 130 Å². The van der Waals surface area contributed by atoms with Gasteiger partial charge in [0.15, 0.2) is 0 Å². The summed E-state index contributed by atoms with van der Waals surface area (Å²) in [6, 6.07) is 11.2. The first-order valence-electron chi connectivity index (χ1n) is 8.85. The van der Waals surface area contributed by atoms with Crippen LogP contribution in [0.25, 0.3) is 6.08 Å². The highest BCUT2D eigenvalue weighted by Crippen LogP contribution is 2.30. The summed E-state index contributed by atoms with van der Waals surface area (Å²) in [5.74, 6) is -0.685. The van der Waals surface area contributed by atoms with Gasteiger partial charge in [-0.1, -0.05) is 12.1 Å². The van der Waals surface area contributed by atoms with Crippen molar-refractivity contribution >= 4 is 28.9 Å². The van der Waals surface area contributed by atoms with Crippen molar-refractivity contribution in [3.05, 3.63) is 79.4 Å². The van der Waals surface area contributed by atoms with Crippen molar-refractivity contribution in [3.63, 3.8) is 0 Å². The van der Waals surface area contributed by atoms with Crippen LogP contribution in [-0.4, -0.2) is 28.7 Å². The normalized spacial score (nSPS) is 13.8. The highest BCUT2D eigenvalue weighted by atomic mass is 16.6. The van der Waals surface area contributed by atoms with Crippen LogP contribution in [0.4, 0.5) is 17.1 Å². The number of carbonyl (C=O) groups excluding carboxylic acids is 1. The number of hydrogen-bond acceptors (Lipinski definition) is 7. The molecule has 0 amide bonds. The van der Waals surface area contributed by atoms with Crippen molar-refractivity contribution in [1.29, 1.82) is 5.26 Å². The molecule has 0 spiro atoms. The van der Waals surface area contributed by atoms with Gasteiger partial charge in [0.2, 0.25) is 5.78 Å². The molecule has 1 saturated heterocycles. The molecule has 0 aromatic heterocycles. The van der Waals surface area contributed by atoms with Gasteiger partial charge in [0.05, 0.1) is 9.85 Å². The number of nitro benzene ring substituents is 2. The summed E-state index contributed by atoms with van der Waals surface area (Å²) in [5.41, 5.74) is 0.413. The van der Waals surface area contributed by atoms with Gasteiger partial charge in [-0.15, -0.1) is 0 Å². The van der Waals surface area contributed by atoms with Crippen LogP contribution in [0.15, 0.2) is 48.0 Å². The lowest BCUT2D eigenvalue weighted by Crippen LogP contribution is -2.18. The molecule has 0 atom stereocenters. The molecule has 1 fully saturated rings. The molecule has 0 saturated carbocycles. The Balaban J connectivity index is 2.06. The zero-order valence-corrected chi connectivity index (χ0v) is 15.3. The summed E-state index contributed by atoms with van der Waals surface area (Å²) in [4.78, 5) is 35.7. The first-order chi connectivity index (χ1) is 13.9. The summed E-state index contributed by atoms with van der Waals surface area (Å²) in [5, 5.41) is 31.6. The van der Waals surface area contributed by atoms with Crippen LogP contribution in [0, 0.1) is 31.6 Å². The predicted octanol–water partition coefficient (Wildman–Crippen LogP) is 3.89. The van der Waals surface area contributed by atoms with E-state index in [1.165, 1.54) is 36.4 Å². The summed E-state index contributed by atoms with van der Waals surface area (Å²) in [6.07, 6.45) is 3.28. The minimum atomic E-state index is -0.685. The minimum absolute atomic E-state index is 0.000142. The van der Waals surface area contributed by atoms with E-state index in [0.717, 1.165) is 32.0 Å². The highest BCUT2D eigenvalue weighted by Gasteiger charge is 2.20. The molecule has 1 aliphatic heterocycles. The molecule has 2 aromatic carbocycles. The third-order valence-electron chi connectivity index (χ3n) is 4.65. The van der Waals surface area contributed by atoms with Gasteiger partial charge in [-0.3, -0.25) is 25.0 Å². The number of Topliss-reactive ketones (excluding diaryl/α,β-unsaturated/α-hetero) is 1. The first-order valence-corrected chi connectivity index (χ1v) is 8.85. The number of carbonyl (C=O) groups is 1. The number of ketones is 1. The van der Waals surface area contributed by atoms with E-state index in [4.69, 9.17) is 0 Å². The van der Waals surface area contributed by atoms with Crippen LogP contribution in [0.3, 0.4) is 0 Å². The third kappa shape index (κ3) is 4.27. The van der Waals surface area contributed by atoms with E-state index in [1.54, 1.807) is 6.07 Å². The van der Waals surface area contributed by atoms with Crippen LogP contribution < -0.4 is 4.90 Å². The lowest BCUT2D eigenvalue weighted by molar-refractivity contribution is -0.385. The van der Waals surface area contributed by atoms with Gasteiger partial charge in [-0.2, -0.15) is 5.26 Å². The molecule has 9 heteroatoms. The number of nitro groups is 2. The molecule has 146 valence electrons.